The third-order valence-corrected chi connectivity index (χ3v) is 3.58. The number of ether oxygens (including phenoxy) is 1. The average molecular weight is 264 g/mol. The summed E-state index contributed by atoms with van der Waals surface area (Å²) < 4.78 is 19.6. The molecule has 1 atom stereocenters. The van der Waals surface area contributed by atoms with Gasteiger partial charge in [0, 0.05) is 24.6 Å². The van der Waals surface area contributed by atoms with Crippen LogP contribution in [0.15, 0.2) is 12.1 Å². The van der Waals surface area contributed by atoms with E-state index in [2.05, 4.69) is 22.1 Å². The van der Waals surface area contributed by atoms with Crippen LogP contribution in [0.25, 0.3) is 10.9 Å². The fourth-order valence-electron chi connectivity index (χ4n) is 2.56. The minimum absolute atomic E-state index is 0.247. The number of aromatic amines is 1. The van der Waals surface area contributed by atoms with Crippen LogP contribution >= 0.6 is 0 Å². The highest BCUT2D eigenvalue weighted by molar-refractivity contribution is 5.90. The minimum atomic E-state index is -0.401. The number of nitrogens with zero attached hydrogens (tertiary/aromatic N) is 2. The molecule has 3 N–H and O–H groups in total. The number of anilines is 1. The van der Waals surface area contributed by atoms with Crippen LogP contribution in [0, 0.1) is 11.7 Å². The van der Waals surface area contributed by atoms with Crippen LogP contribution in [0.2, 0.25) is 0 Å². The molecule has 1 aliphatic rings. The van der Waals surface area contributed by atoms with Gasteiger partial charge in [0.15, 0.2) is 0 Å². The molecule has 1 aromatic carbocycles. The zero-order valence-corrected chi connectivity index (χ0v) is 10.8. The van der Waals surface area contributed by atoms with E-state index in [1.54, 1.807) is 6.07 Å². The summed E-state index contributed by atoms with van der Waals surface area (Å²) in [6, 6.07) is 3.08. The summed E-state index contributed by atoms with van der Waals surface area (Å²) in [5, 5.41) is 6.85. The number of hydrogen-bond acceptors (Lipinski definition) is 4. The van der Waals surface area contributed by atoms with E-state index in [0.717, 1.165) is 19.5 Å². The fourth-order valence-corrected chi connectivity index (χ4v) is 2.56. The molecular weight excluding hydrogens is 247 g/mol. The van der Waals surface area contributed by atoms with Crippen molar-refractivity contribution in [3.63, 3.8) is 0 Å². The topological polar surface area (TPSA) is 67.2 Å². The maximum Gasteiger partial charge on any atom is 0.140 e. The number of halogens is 1. The Bertz CT molecular complexity index is 598. The molecule has 0 saturated carbocycles. The molecule has 19 heavy (non-hydrogen) atoms. The van der Waals surface area contributed by atoms with Crippen molar-refractivity contribution in [1.29, 1.82) is 0 Å². The molecule has 102 valence electrons. The van der Waals surface area contributed by atoms with Crippen LogP contribution in [0.3, 0.4) is 0 Å². The first-order valence-electron chi connectivity index (χ1n) is 6.38. The summed E-state index contributed by atoms with van der Waals surface area (Å²) in [6.45, 7) is 2.73. The van der Waals surface area contributed by atoms with Crippen LogP contribution in [-0.4, -0.2) is 41.8 Å². The fraction of sp³-hybridized carbons (Fsp3) is 0.462. The van der Waals surface area contributed by atoms with Gasteiger partial charge < -0.3 is 15.4 Å². The van der Waals surface area contributed by atoms with Gasteiger partial charge in [0.25, 0.3) is 0 Å². The molecule has 2 heterocycles. The SMILES string of the molecule is CN1CCC(COc2cc(F)c3c(N)[nH]nc3c2)C1. The van der Waals surface area contributed by atoms with Crippen molar-refractivity contribution in [3.05, 3.63) is 17.9 Å². The number of nitrogen functional groups attached to an aromatic ring is 1. The normalized spacial score (nSPS) is 20.2. The Balaban J connectivity index is 1.74. The Morgan fingerprint density at radius 2 is 2.42 bits per heavy atom. The van der Waals surface area contributed by atoms with Gasteiger partial charge in [0.2, 0.25) is 0 Å². The Kier molecular flexibility index (Phi) is 3.02. The summed E-state index contributed by atoms with van der Waals surface area (Å²) in [6.07, 6.45) is 1.12. The van der Waals surface area contributed by atoms with Crippen molar-refractivity contribution in [2.45, 2.75) is 6.42 Å². The third kappa shape index (κ3) is 2.35. The van der Waals surface area contributed by atoms with Gasteiger partial charge in [-0.3, -0.25) is 5.10 Å². The van der Waals surface area contributed by atoms with Crippen molar-refractivity contribution in [1.82, 2.24) is 15.1 Å². The largest absolute Gasteiger partial charge is 0.493 e. The molecule has 0 radical (unpaired) electrons. The number of aromatic nitrogens is 2. The number of benzene rings is 1. The number of rotatable bonds is 3. The Morgan fingerprint density at radius 1 is 1.58 bits per heavy atom. The van der Waals surface area contributed by atoms with Crippen molar-refractivity contribution < 1.29 is 9.13 Å². The summed E-state index contributed by atoms with van der Waals surface area (Å²) in [5.74, 6) is 0.859. The predicted octanol–water partition coefficient (Wildman–Crippen LogP) is 1.61. The second-order valence-corrected chi connectivity index (χ2v) is 5.16. The van der Waals surface area contributed by atoms with Gasteiger partial charge in [-0.05, 0) is 20.0 Å². The maximum absolute atomic E-state index is 13.9. The highest BCUT2D eigenvalue weighted by atomic mass is 19.1. The molecule has 1 fully saturated rings. The number of nitrogens with one attached hydrogen (secondary N) is 1. The summed E-state index contributed by atoms with van der Waals surface area (Å²) >= 11 is 0. The smallest absolute Gasteiger partial charge is 0.140 e. The molecule has 2 aromatic rings. The lowest BCUT2D eigenvalue weighted by atomic mass is 10.1. The van der Waals surface area contributed by atoms with Crippen LogP contribution < -0.4 is 10.5 Å². The van der Waals surface area contributed by atoms with Crippen LogP contribution in [0.5, 0.6) is 5.75 Å². The van der Waals surface area contributed by atoms with E-state index in [0.29, 0.717) is 29.2 Å². The summed E-state index contributed by atoms with van der Waals surface area (Å²) in [4.78, 5) is 2.27. The molecule has 1 saturated heterocycles. The monoisotopic (exact) mass is 264 g/mol. The summed E-state index contributed by atoms with van der Waals surface area (Å²) in [5.41, 5.74) is 6.11. The highest BCUT2D eigenvalue weighted by Crippen LogP contribution is 2.27. The zero-order chi connectivity index (χ0) is 13.4. The van der Waals surface area contributed by atoms with Crippen LogP contribution in [-0.2, 0) is 0 Å². The van der Waals surface area contributed by atoms with Gasteiger partial charge in [-0.1, -0.05) is 0 Å². The van der Waals surface area contributed by atoms with E-state index in [1.165, 1.54) is 6.07 Å². The first-order valence-corrected chi connectivity index (χ1v) is 6.38. The minimum Gasteiger partial charge on any atom is -0.493 e. The lowest BCUT2D eigenvalue weighted by Gasteiger charge is -2.12. The Morgan fingerprint density at radius 3 is 3.16 bits per heavy atom. The Hall–Kier alpha value is -1.82. The van der Waals surface area contributed by atoms with Crippen molar-refractivity contribution in [2.24, 2.45) is 5.92 Å². The molecule has 1 aliphatic heterocycles. The number of H-pyrrole nitrogens is 1. The van der Waals surface area contributed by atoms with Gasteiger partial charge in [0.05, 0.1) is 12.0 Å². The average Bonchev–Trinajstić information content (AvgIpc) is 2.94. The second-order valence-electron chi connectivity index (χ2n) is 5.16. The van der Waals surface area contributed by atoms with E-state index in [4.69, 9.17) is 10.5 Å². The quantitative estimate of drug-likeness (QED) is 0.884. The molecular formula is C13H17FN4O. The van der Waals surface area contributed by atoms with E-state index in [1.807, 2.05) is 0 Å². The molecule has 0 spiro atoms. The van der Waals surface area contributed by atoms with Crippen LogP contribution in [0.1, 0.15) is 6.42 Å². The first kappa shape index (κ1) is 12.2. The lowest BCUT2D eigenvalue weighted by molar-refractivity contribution is 0.248. The molecule has 5 nitrogen and oxygen atoms in total. The molecule has 1 unspecified atom stereocenters. The molecule has 1 aromatic heterocycles. The molecule has 0 aliphatic carbocycles. The van der Waals surface area contributed by atoms with Crippen molar-refractivity contribution in [2.75, 3.05) is 32.5 Å². The number of hydrogen-bond donors (Lipinski definition) is 2. The van der Waals surface area contributed by atoms with Gasteiger partial charge >= 0.3 is 0 Å². The van der Waals surface area contributed by atoms with E-state index < -0.39 is 5.82 Å². The number of fused-ring (bicyclic) bond motifs is 1. The molecule has 6 heteroatoms. The Labute approximate surface area is 110 Å². The zero-order valence-electron chi connectivity index (χ0n) is 10.8. The van der Waals surface area contributed by atoms with Crippen molar-refractivity contribution >= 4 is 16.7 Å². The maximum atomic E-state index is 13.9. The molecule has 3 rings (SSSR count). The lowest BCUT2D eigenvalue weighted by Crippen LogP contribution is -2.17. The second kappa shape index (κ2) is 4.70. The van der Waals surface area contributed by atoms with E-state index in [9.17, 15) is 4.39 Å². The third-order valence-electron chi connectivity index (χ3n) is 3.58. The highest BCUT2D eigenvalue weighted by Gasteiger charge is 2.20. The van der Waals surface area contributed by atoms with Gasteiger partial charge in [-0.15, -0.1) is 0 Å². The standard InChI is InChI=1S/C13H17FN4O/c1-18-3-2-8(6-18)7-19-9-4-10(14)12-11(5-9)16-17-13(12)15/h4-5,8H,2-3,6-7H2,1H3,(H3,15,16,17). The molecule has 0 amide bonds. The van der Waals surface area contributed by atoms with Gasteiger partial charge in [-0.25, -0.2) is 4.39 Å². The van der Waals surface area contributed by atoms with Gasteiger partial charge in [-0.2, -0.15) is 5.10 Å². The summed E-state index contributed by atoms with van der Waals surface area (Å²) in [7, 11) is 2.10. The van der Waals surface area contributed by atoms with Gasteiger partial charge in [0.1, 0.15) is 22.9 Å². The first-order chi connectivity index (χ1) is 9.13. The van der Waals surface area contributed by atoms with Crippen LogP contribution in [0.4, 0.5) is 10.2 Å². The number of nitrogens with two attached hydrogens (primary N) is 1. The molecule has 0 bridgehead atoms. The van der Waals surface area contributed by atoms with Crippen molar-refractivity contribution in [3.8, 4) is 5.75 Å². The van der Waals surface area contributed by atoms with E-state index in [-0.39, 0.29) is 5.82 Å². The predicted molar refractivity (Wildman–Crippen MR) is 71.6 cm³/mol. The van der Waals surface area contributed by atoms with E-state index >= 15 is 0 Å². The number of likely N-dealkylation sites (tertiary alicyclic amines) is 1.